The van der Waals surface area contributed by atoms with Crippen molar-refractivity contribution in [2.75, 3.05) is 25.1 Å². The summed E-state index contributed by atoms with van der Waals surface area (Å²) in [5.74, 6) is 0.955. The van der Waals surface area contributed by atoms with Crippen LogP contribution in [0.25, 0.3) is 0 Å². The van der Waals surface area contributed by atoms with Crippen LogP contribution in [0.5, 0.6) is 5.75 Å². The van der Waals surface area contributed by atoms with Gasteiger partial charge in [0.25, 0.3) is 0 Å². The molecular formula is C21H28N4O2. The number of carbonyl (C=O) groups excluding carboxylic acids is 1. The highest BCUT2D eigenvalue weighted by atomic mass is 16.5. The minimum Gasteiger partial charge on any atom is -0.497 e. The van der Waals surface area contributed by atoms with E-state index in [1.54, 1.807) is 7.11 Å². The predicted molar refractivity (Wildman–Crippen MR) is 105 cm³/mol. The van der Waals surface area contributed by atoms with E-state index in [4.69, 9.17) is 4.74 Å². The van der Waals surface area contributed by atoms with Crippen LogP contribution >= 0.6 is 0 Å². The number of benzene rings is 1. The number of anilines is 1. The van der Waals surface area contributed by atoms with Gasteiger partial charge in [0.05, 0.1) is 25.2 Å². The standard InChI is InChI=1S/C21H28N4O2/c1-16-21(26)24(18-7-9-20(27-2)10-8-18)12-11-23(16)14-19-13-22-15-25(19)17-5-3-4-6-17/h7-10,13,15-17H,3-6,11-12,14H2,1-2H3/t16-/m0/s1. The molecule has 0 spiro atoms. The third-order valence-corrected chi connectivity index (χ3v) is 6.00. The highest BCUT2D eigenvalue weighted by molar-refractivity contribution is 5.97. The zero-order valence-electron chi connectivity index (χ0n) is 16.2. The molecule has 0 N–H and O–H groups in total. The first-order valence-corrected chi connectivity index (χ1v) is 9.87. The molecule has 0 radical (unpaired) electrons. The van der Waals surface area contributed by atoms with Crippen LogP contribution in [0.1, 0.15) is 44.3 Å². The number of methoxy groups -OCH3 is 1. The summed E-state index contributed by atoms with van der Waals surface area (Å²) in [5.41, 5.74) is 2.16. The van der Waals surface area contributed by atoms with Crippen LogP contribution in [0.4, 0.5) is 5.69 Å². The van der Waals surface area contributed by atoms with Gasteiger partial charge >= 0.3 is 0 Å². The van der Waals surface area contributed by atoms with E-state index in [0.717, 1.165) is 24.5 Å². The minimum atomic E-state index is -0.146. The molecule has 2 fully saturated rings. The van der Waals surface area contributed by atoms with Crippen LogP contribution in [-0.2, 0) is 11.3 Å². The lowest BCUT2D eigenvalue weighted by molar-refractivity contribution is -0.125. The monoisotopic (exact) mass is 368 g/mol. The molecule has 0 unspecified atom stereocenters. The van der Waals surface area contributed by atoms with Gasteiger partial charge in [-0.2, -0.15) is 0 Å². The van der Waals surface area contributed by atoms with E-state index in [9.17, 15) is 4.79 Å². The van der Waals surface area contributed by atoms with Crippen LogP contribution in [-0.4, -0.2) is 46.6 Å². The van der Waals surface area contributed by atoms with Gasteiger partial charge in [0.1, 0.15) is 5.75 Å². The number of hydrogen-bond donors (Lipinski definition) is 0. The van der Waals surface area contributed by atoms with Gasteiger partial charge in [-0.05, 0) is 44.0 Å². The van der Waals surface area contributed by atoms with Gasteiger partial charge in [0, 0.05) is 37.6 Å². The lowest BCUT2D eigenvalue weighted by Crippen LogP contribution is -2.55. The van der Waals surface area contributed by atoms with Crippen LogP contribution in [0, 0.1) is 0 Å². The van der Waals surface area contributed by atoms with Crippen molar-refractivity contribution in [1.29, 1.82) is 0 Å². The Kier molecular flexibility index (Phi) is 5.16. The third kappa shape index (κ3) is 3.58. The van der Waals surface area contributed by atoms with Crippen molar-refractivity contribution >= 4 is 11.6 Å². The number of ether oxygens (including phenoxy) is 1. The smallest absolute Gasteiger partial charge is 0.244 e. The molecule has 1 aromatic heterocycles. The molecule has 6 nitrogen and oxygen atoms in total. The largest absolute Gasteiger partial charge is 0.497 e. The molecule has 1 aliphatic carbocycles. The lowest BCUT2D eigenvalue weighted by atomic mass is 10.1. The number of nitrogens with zero attached hydrogens (tertiary/aromatic N) is 4. The summed E-state index contributed by atoms with van der Waals surface area (Å²) in [6.45, 7) is 4.34. The molecule has 1 aliphatic heterocycles. The summed E-state index contributed by atoms with van der Waals surface area (Å²) in [6, 6.07) is 8.14. The first-order valence-electron chi connectivity index (χ1n) is 9.87. The average molecular weight is 368 g/mol. The highest BCUT2D eigenvalue weighted by Gasteiger charge is 2.33. The number of rotatable bonds is 5. The maximum atomic E-state index is 13.0. The number of carbonyl (C=O) groups is 1. The van der Waals surface area contributed by atoms with Gasteiger partial charge in [0.15, 0.2) is 0 Å². The second-order valence-electron chi connectivity index (χ2n) is 7.56. The van der Waals surface area contributed by atoms with Crippen LogP contribution in [0.3, 0.4) is 0 Å². The van der Waals surface area contributed by atoms with Crippen molar-refractivity contribution in [2.24, 2.45) is 0 Å². The van der Waals surface area contributed by atoms with Crippen molar-refractivity contribution in [2.45, 2.75) is 51.2 Å². The van der Waals surface area contributed by atoms with Gasteiger partial charge in [-0.1, -0.05) is 12.8 Å². The van der Waals surface area contributed by atoms with Crippen molar-refractivity contribution in [1.82, 2.24) is 14.5 Å². The molecule has 0 bridgehead atoms. The Morgan fingerprint density at radius 2 is 1.89 bits per heavy atom. The van der Waals surface area contributed by atoms with Crippen molar-refractivity contribution in [3.63, 3.8) is 0 Å². The Balaban J connectivity index is 1.45. The summed E-state index contributed by atoms with van der Waals surface area (Å²) in [5, 5.41) is 0. The Labute approximate surface area is 160 Å². The van der Waals surface area contributed by atoms with E-state index in [0.29, 0.717) is 12.6 Å². The Morgan fingerprint density at radius 3 is 2.59 bits per heavy atom. The molecule has 1 saturated heterocycles. The fourth-order valence-corrected chi connectivity index (χ4v) is 4.32. The summed E-state index contributed by atoms with van der Waals surface area (Å²) in [6.07, 6.45) is 9.01. The molecule has 2 aliphatic rings. The molecule has 1 amide bonds. The molecule has 1 saturated carbocycles. The molecule has 1 atom stereocenters. The van der Waals surface area contributed by atoms with Crippen molar-refractivity contribution < 1.29 is 9.53 Å². The number of aromatic nitrogens is 2. The third-order valence-electron chi connectivity index (χ3n) is 6.00. The molecule has 1 aromatic carbocycles. The normalized spacial score (nSPS) is 21.8. The molecule has 2 heterocycles. The van der Waals surface area contributed by atoms with Gasteiger partial charge in [0.2, 0.25) is 5.91 Å². The minimum absolute atomic E-state index is 0.146. The Bertz CT molecular complexity index is 780. The second kappa shape index (κ2) is 7.72. The number of hydrogen-bond acceptors (Lipinski definition) is 4. The molecular weight excluding hydrogens is 340 g/mol. The SMILES string of the molecule is COc1ccc(N2CCN(Cc3cncn3C3CCCC3)[C@@H](C)C2=O)cc1. The second-order valence-corrected chi connectivity index (χ2v) is 7.56. The first kappa shape index (κ1) is 18.0. The average Bonchev–Trinajstić information content (AvgIpc) is 3.37. The summed E-state index contributed by atoms with van der Waals surface area (Å²) in [4.78, 5) is 21.5. The summed E-state index contributed by atoms with van der Waals surface area (Å²) in [7, 11) is 1.65. The fourth-order valence-electron chi connectivity index (χ4n) is 4.32. The molecule has 27 heavy (non-hydrogen) atoms. The van der Waals surface area contributed by atoms with E-state index < -0.39 is 0 Å². The van der Waals surface area contributed by atoms with E-state index in [2.05, 4.69) is 14.5 Å². The van der Waals surface area contributed by atoms with E-state index in [1.807, 2.05) is 48.6 Å². The van der Waals surface area contributed by atoms with E-state index >= 15 is 0 Å². The topological polar surface area (TPSA) is 50.6 Å². The number of imidazole rings is 1. The van der Waals surface area contributed by atoms with Crippen molar-refractivity contribution in [3.8, 4) is 5.75 Å². The van der Waals surface area contributed by atoms with E-state index in [-0.39, 0.29) is 11.9 Å². The van der Waals surface area contributed by atoms with Gasteiger partial charge in [-0.15, -0.1) is 0 Å². The molecule has 4 rings (SSSR count). The van der Waals surface area contributed by atoms with Crippen molar-refractivity contribution in [3.05, 3.63) is 42.5 Å². The maximum Gasteiger partial charge on any atom is 0.244 e. The fraction of sp³-hybridized carbons (Fsp3) is 0.524. The highest BCUT2D eigenvalue weighted by Crippen LogP contribution is 2.31. The summed E-state index contributed by atoms with van der Waals surface area (Å²) >= 11 is 0. The number of piperazine rings is 1. The Morgan fingerprint density at radius 1 is 1.15 bits per heavy atom. The van der Waals surface area contributed by atoms with Crippen LogP contribution in [0.15, 0.2) is 36.8 Å². The molecule has 6 heteroatoms. The van der Waals surface area contributed by atoms with E-state index in [1.165, 1.54) is 31.4 Å². The van der Waals surface area contributed by atoms with Gasteiger partial charge in [-0.25, -0.2) is 4.98 Å². The first-order chi connectivity index (χ1) is 13.2. The molecule has 144 valence electrons. The van der Waals surface area contributed by atoms with Crippen LogP contribution in [0.2, 0.25) is 0 Å². The molecule has 2 aromatic rings. The zero-order valence-corrected chi connectivity index (χ0v) is 16.2. The van der Waals surface area contributed by atoms with Gasteiger partial charge < -0.3 is 14.2 Å². The maximum absolute atomic E-state index is 13.0. The Hall–Kier alpha value is -2.34. The quantitative estimate of drug-likeness (QED) is 0.813. The van der Waals surface area contributed by atoms with Gasteiger partial charge in [-0.3, -0.25) is 9.69 Å². The lowest BCUT2D eigenvalue weighted by Gasteiger charge is -2.39. The number of amides is 1. The summed E-state index contributed by atoms with van der Waals surface area (Å²) < 4.78 is 7.55. The zero-order chi connectivity index (χ0) is 18.8. The van der Waals surface area contributed by atoms with Crippen LogP contribution < -0.4 is 9.64 Å². The predicted octanol–water partition coefficient (Wildman–Crippen LogP) is 3.24.